The first kappa shape index (κ1) is 15.0. The number of aromatic nitrogens is 1. The number of carbonyl (C=O) groups is 1. The van der Waals surface area contributed by atoms with Crippen molar-refractivity contribution in [2.24, 2.45) is 13.0 Å². The first-order chi connectivity index (χ1) is 11.6. The second-order valence-corrected chi connectivity index (χ2v) is 6.87. The summed E-state index contributed by atoms with van der Waals surface area (Å²) < 4.78 is 2.02. The van der Waals surface area contributed by atoms with Gasteiger partial charge in [0.2, 0.25) is 0 Å². The SMILES string of the molecule is Cc1ccc(C(NC(=O)c2cn(C)c3ccccc23)C2CC2)cc1. The van der Waals surface area contributed by atoms with E-state index in [1.807, 2.05) is 42.1 Å². The normalized spacial score (nSPS) is 15.4. The van der Waals surface area contributed by atoms with E-state index in [0.29, 0.717) is 5.92 Å². The number of amides is 1. The molecule has 4 rings (SSSR count). The third kappa shape index (κ3) is 2.71. The molecule has 1 saturated carbocycles. The van der Waals surface area contributed by atoms with E-state index in [-0.39, 0.29) is 11.9 Å². The number of aryl methyl sites for hydroxylation is 2. The molecule has 1 amide bonds. The van der Waals surface area contributed by atoms with E-state index in [4.69, 9.17) is 0 Å². The smallest absolute Gasteiger partial charge is 0.253 e. The van der Waals surface area contributed by atoms with Gasteiger partial charge in [0.05, 0.1) is 11.6 Å². The van der Waals surface area contributed by atoms with E-state index in [1.54, 1.807) is 0 Å². The Morgan fingerprint density at radius 1 is 1.12 bits per heavy atom. The van der Waals surface area contributed by atoms with Gasteiger partial charge in [-0.15, -0.1) is 0 Å². The molecule has 0 saturated heterocycles. The molecule has 0 spiro atoms. The van der Waals surface area contributed by atoms with Gasteiger partial charge in [-0.3, -0.25) is 4.79 Å². The molecule has 2 aromatic carbocycles. The number of hydrogen-bond acceptors (Lipinski definition) is 1. The molecule has 24 heavy (non-hydrogen) atoms. The lowest BCUT2D eigenvalue weighted by atomic mass is 10.0. The molecule has 1 atom stereocenters. The van der Waals surface area contributed by atoms with Gasteiger partial charge in [-0.2, -0.15) is 0 Å². The molecule has 1 heterocycles. The van der Waals surface area contributed by atoms with Crippen LogP contribution in [0.25, 0.3) is 10.9 Å². The Balaban J connectivity index is 1.64. The van der Waals surface area contributed by atoms with Crippen LogP contribution >= 0.6 is 0 Å². The highest BCUT2D eigenvalue weighted by atomic mass is 16.1. The number of nitrogens with one attached hydrogen (secondary N) is 1. The van der Waals surface area contributed by atoms with Crippen LogP contribution in [-0.4, -0.2) is 10.5 Å². The van der Waals surface area contributed by atoms with Crippen LogP contribution < -0.4 is 5.32 Å². The van der Waals surface area contributed by atoms with Crippen LogP contribution in [0.3, 0.4) is 0 Å². The van der Waals surface area contributed by atoms with Crippen LogP contribution in [0.4, 0.5) is 0 Å². The Bertz CT molecular complexity index is 888. The zero-order valence-electron chi connectivity index (χ0n) is 14.1. The average Bonchev–Trinajstić information content (AvgIpc) is 3.38. The highest BCUT2D eigenvalue weighted by molar-refractivity contribution is 6.07. The Morgan fingerprint density at radius 3 is 2.54 bits per heavy atom. The number of rotatable bonds is 4. The van der Waals surface area contributed by atoms with Crippen molar-refractivity contribution in [1.82, 2.24) is 9.88 Å². The number of fused-ring (bicyclic) bond motifs is 1. The lowest BCUT2D eigenvalue weighted by Gasteiger charge is -2.19. The van der Waals surface area contributed by atoms with Crippen LogP contribution in [0.2, 0.25) is 0 Å². The molecule has 1 aromatic heterocycles. The summed E-state index contributed by atoms with van der Waals surface area (Å²) in [5, 5.41) is 4.29. The minimum Gasteiger partial charge on any atom is -0.350 e. The Hall–Kier alpha value is -2.55. The van der Waals surface area contributed by atoms with E-state index >= 15 is 0 Å². The molecule has 1 unspecified atom stereocenters. The van der Waals surface area contributed by atoms with Crippen LogP contribution in [-0.2, 0) is 7.05 Å². The summed E-state index contributed by atoms with van der Waals surface area (Å²) in [6, 6.07) is 16.7. The lowest BCUT2D eigenvalue weighted by molar-refractivity contribution is 0.0933. The van der Waals surface area contributed by atoms with E-state index < -0.39 is 0 Å². The molecule has 1 N–H and O–H groups in total. The van der Waals surface area contributed by atoms with Gasteiger partial charge in [-0.05, 0) is 37.3 Å². The highest BCUT2D eigenvalue weighted by Gasteiger charge is 2.33. The van der Waals surface area contributed by atoms with Gasteiger partial charge in [0.1, 0.15) is 0 Å². The first-order valence-corrected chi connectivity index (χ1v) is 8.55. The Morgan fingerprint density at radius 2 is 1.83 bits per heavy atom. The molecule has 3 aromatic rings. The molecular weight excluding hydrogens is 296 g/mol. The van der Waals surface area contributed by atoms with Crippen molar-refractivity contribution in [3.8, 4) is 0 Å². The monoisotopic (exact) mass is 318 g/mol. The minimum atomic E-state index is 0.0178. The minimum absolute atomic E-state index is 0.0178. The van der Waals surface area contributed by atoms with Crippen LogP contribution in [0.5, 0.6) is 0 Å². The summed E-state index contributed by atoms with van der Waals surface area (Å²) >= 11 is 0. The fraction of sp³-hybridized carbons (Fsp3) is 0.286. The van der Waals surface area contributed by atoms with E-state index in [9.17, 15) is 4.79 Å². The van der Waals surface area contributed by atoms with Crippen molar-refractivity contribution in [3.63, 3.8) is 0 Å². The zero-order valence-corrected chi connectivity index (χ0v) is 14.1. The van der Waals surface area contributed by atoms with Gasteiger partial charge in [-0.1, -0.05) is 48.0 Å². The second-order valence-electron chi connectivity index (χ2n) is 6.87. The van der Waals surface area contributed by atoms with Crippen LogP contribution in [0, 0.1) is 12.8 Å². The number of carbonyl (C=O) groups excluding carboxylic acids is 1. The predicted molar refractivity (Wildman–Crippen MR) is 97.0 cm³/mol. The van der Waals surface area contributed by atoms with Gasteiger partial charge in [0, 0.05) is 24.1 Å². The molecule has 1 aliphatic rings. The van der Waals surface area contributed by atoms with E-state index in [0.717, 1.165) is 16.5 Å². The van der Waals surface area contributed by atoms with Gasteiger partial charge in [0.25, 0.3) is 5.91 Å². The summed E-state index contributed by atoms with van der Waals surface area (Å²) in [7, 11) is 1.98. The summed E-state index contributed by atoms with van der Waals surface area (Å²) in [6.45, 7) is 2.09. The molecule has 1 aliphatic carbocycles. The summed E-state index contributed by atoms with van der Waals surface area (Å²) in [6.07, 6.45) is 4.31. The third-order valence-corrected chi connectivity index (χ3v) is 4.96. The number of hydrogen-bond donors (Lipinski definition) is 1. The van der Waals surface area contributed by atoms with Crippen LogP contribution in [0.15, 0.2) is 54.7 Å². The standard InChI is InChI=1S/C21H22N2O/c1-14-7-9-15(10-8-14)20(16-11-12-16)22-21(24)18-13-23(2)19-6-4-3-5-17(18)19/h3-10,13,16,20H,11-12H2,1-2H3,(H,22,24). The quantitative estimate of drug-likeness (QED) is 0.761. The molecule has 0 radical (unpaired) electrons. The molecule has 0 bridgehead atoms. The molecule has 1 fully saturated rings. The Labute approximate surface area is 142 Å². The molecule has 0 aliphatic heterocycles. The number of nitrogens with zero attached hydrogens (tertiary/aromatic N) is 1. The highest BCUT2D eigenvalue weighted by Crippen LogP contribution is 2.41. The fourth-order valence-electron chi connectivity index (χ4n) is 3.42. The maximum atomic E-state index is 12.9. The molecule has 122 valence electrons. The van der Waals surface area contributed by atoms with Crippen molar-refractivity contribution in [1.29, 1.82) is 0 Å². The topological polar surface area (TPSA) is 34.0 Å². The maximum absolute atomic E-state index is 12.9. The van der Waals surface area contributed by atoms with E-state index in [2.05, 4.69) is 36.5 Å². The average molecular weight is 318 g/mol. The second kappa shape index (κ2) is 5.82. The number of para-hydroxylation sites is 1. The van der Waals surface area contributed by atoms with Gasteiger partial charge in [0.15, 0.2) is 0 Å². The zero-order chi connectivity index (χ0) is 16.7. The predicted octanol–water partition coefficient (Wildman–Crippen LogP) is 4.37. The molecule has 3 nitrogen and oxygen atoms in total. The fourth-order valence-corrected chi connectivity index (χ4v) is 3.42. The summed E-state index contributed by atoms with van der Waals surface area (Å²) in [5.74, 6) is 0.580. The van der Waals surface area contributed by atoms with Gasteiger partial charge in [-0.25, -0.2) is 0 Å². The van der Waals surface area contributed by atoms with Gasteiger partial charge < -0.3 is 9.88 Å². The van der Waals surface area contributed by atoms with Gasteiger partial charge >= 0.3 is 0 Å². The van der Waals surface area contributed by atoms with E-state index in [1.165, 1.54) is 24.0 Å². The largest absolute Gasteiger partial charge is 0.350 e. The van der Waals surface area contributed by atoms with Crippen molar-refractivity contribution in [3.05, 3.63) is 71.4 Å². The summed E-state index contributed by atoms with van der Waals surface area (Å²) in [5.41, 5.74) is 4.29. The summed E-state index contributed by atoms with van der Waals surface area (Å²) in [4.78, 5) is 12.9. The van der Waals surface area contributed by atoms with Crippen molar-refractivity contribution < 1.29 is 4.79 Å². The van der Waals surface area contributed by atoms with Crippen molar-refractivity contribution >= 4 is 16.8 Å². The maximum Gasteiger partial charge on any atom is 0.253 e. The first-order valence-electron chi connectivity index (χ1n) is 8.55. The van der Waals surface area contributed by atoms with Crippen molar-refractivity contribution in [2.45, 2.75) is 25.8 Å². The molecular formula is C21H22N2O. The Kier molecular flexibility index (Phi) is 3.64. The third-order valence-electron chi connectivity index (χ3n) is 4.96. The van der Waals surface area contributed by atoms with Crippen LogP contribution in [0.1, 0.15) is 40.4 Å². The molecule has 3 heteroatoms. The van der Waals surface area contributed by atoms with Crippen molar-refractivity contribution in [2.75, 3.05) is 0 Å². The lowest BCUT2D eigenvalue weighted by Crippen LogP contribution is -2.29. The number of benzene rings is 2.